The van der Waals surface area contributed by atoms with E-state index in [-0.39, 0.29) is 48.7 Å². The predicted molar refractivity (Wildman–Crippen MR) is 389 cm³/mol. The van der Waals surface area contributed by atoms with Crippen molar-refractivity contribution in [1.29, 1.82) is 0 Å². The van der Waals surface area contributed by atoms with Crippen molar-refractivity contribution in [2.45, 2.75) is 155 Å². The van der Waals surface area contributed by atoms with E-state index in [9.17, 15) is 28.8 Å². The Morgan fingerprint density at radius 3 is 1.50 bits per heavy atom. The van der Waals surface area contributed by atoms with Crippen molar-refractivity contribution in [3.05, 3.63) is 251 Å². The first-order valence-electron chi connectivity index (χ1n) is 35.3. The number of nitrogens with one attached hydrogen (secondary N) is 2. The molecule has 29 heteroatoms. The summed E-state index contributed by atoms with van der Waals surface area (Å²) in [4.78, 5) is 100. The molecule has 0 aliphatic carbocycles. The van der Waals surface area contributed by atoms with Gasteiger partial charge in [0.15, 0.2) is 37.2 Å². The lowest BCUT2D eigenvalue weighted by molar-refractivity contribution is -0.395. The molecule has 109 heavy (non-hydrogen) atoms. The molecular formula is C80H83Cl3N2O24. The standard InChI is InChI=1S/C80H83Cl3N2O24/c1-50-61(95-44-51-28-12-4-13-29-51)65(67(96-45-52-30-14-5-15-31-52)74(101-50)94-43-27-11-26-42-84-77(91)98-46-53-32-16-6-17-33-53)108-73-60(85-78(92)99-49-80(81,82)83)64(104-70(87)55-36-20-8-21-37-55)62(58(102-73)47-97-69(86)54-34-18-7-19-35-54)107-75-68(106-72(89)57-40-24-10-25-41-57)66(105-71(88)56-38-22-9-23-39-56)63-59(103-75)48-100-79(2,109-63)76(90)93-3/h4-10,12-25,28-41,50,58-68,73-75H,11,26-27,42-49H2,1-3H3,(H,84,91)(H,85,92)/t50-,58+,59+,60+,61+,62+,63-,64+,65+,66-,67-,68+,73-,74-,75-,79+/m0/s1. The van der Waals surface area contributed by atoms with Crippen molar-refractivity contribution in [3.8, 4) is 0 Å². The molecule has 0 saturated carbocycles. The molecule has 7 aromatic carbocycles. The third-order valence-electron chi connectivity index (χ3n) is 17.9. The summed E-state index contributed by atoms with van der Waals surface area (Å²) in [6.45, 7) is 1.28. The fraction of sp³-hybridized carbons (Fsp3) is 0.388. The lowest BCUT2D eigenvalue weighted by Crippen LogP contribution is -2.71. The van der Waals surface area contributed by atoms with Crippen molar-refractivity contribution in [1.82, 2.24) is 10.6 Å². The minimum Gasteiger partial charge on any atom is -0.465 e. The van der Waals surface area contributed by atoms with Crippen LogP contribution in [0.1, 0.15) is 91.2 Å². The first-order valence-corrected chi connectivity index (χ1v) is 36.5. The van der Waals surface area contributed by atoms with Gasteiger partial charge in [0.25, 0.3) is 5.79 Å². The van der Waals surface area contributed by atoms with Gasteiger partial charge in [-0.25, -0.2) is 33.6 Å². The molecule has 0 radical (unpaired) electrons. The molecule has 7 aromatic rings. The normalized spacial score (nSPS) is 25.9. The minimum atomic E-state index is -2.19. The molecule has 2 amide bonds. The van der Waals surface area contributed by atoms with E-state index in [0.717, 1.165) is 23.8 Å². The van der Waals surface area contributed by atoms with Crippen LogP contribution in [-0.4, -0.2) is 184 Å². The topological polar surface area (TPSA) is 300 Å². The van der Waals surface area contributed by atoms with E-state index >= 15 is 4.79 Å². The smallest absolute Gasteiger partial charge is 0.407 e. The minimum absolute atomic E-state index is 0.00147. The van der Waals surface area contributed by atoms with Gasteiger partial charge in [-0.2, -0.15) is 0 Å². The van der Waals surface area contributed by atoms with Crippen LogP contribution >= 0.6 is 34.8 Å². The van der Waals surface area contributed by atoms with Crippen LogP contribution in [0.3, 0.4) is 0 Å². The van der Waals surface area contributed by atoms with Gasteiger partial charge in [-0.05, 0) is 91.4 Å². The highest BCUT2D eigenvalue weighted by molar-refractivity contribution is 6.67. The van der Waals surface area contributed by atoms with Gasteiger partial charge in [0.2, 0.25) is 3.79 Å². The van der Waals surface area contributed by atoms with Crippen LogP contribution in [0.25, 0.3) is 0 Å². The van der Waals surface area contributed by atoms with Crippen LogP contribution in [-0.2, 0) is 105 Å². The highest BCUT2D eigenvalue weighted by atomic mass is 35.6. The Kier molecular flexibility index (Phi) is 29.3. The van der Waals surface area contributed by atoms with Gasteiger partial charge in [-0.15, -0.1) is 0 Å². The Bertz CT molecular complexity index is 4050. The fourth-order valence-electron chi connectivity index (χ4n) is 12.5. The van der Waals surface area contributed by atoms with E-state index in [1.165, 1.54) is 55.5 Å². The SMILES string of the molecule is COC(=O)[C@]1(C)OC[C@H]2O[C@@H](O[C@H]3[C@H](OC(=O)c4ccccc4)[C@@H](NC(=O)OCC(Cl)(Cl)Cl)[C@H](O[C@H]4[C@H](OCc5ccccc5)[C@@H](OCCCCCNC(=O)OCc5ccccc5)O[C@@H](C)[C@H]4OCc4ccccc4)O[C@@H]3COC(=O)c3ccccc3)[C@H](OC(=O)c3ccccc3)[C@@H](OC(=O)c3ccccc3)[C@H]2O1. The largest absolute Gasteiger partial charge is 0.465 e. The maximum atomic E-state index is 15.2. The third kappa shape index (κ3) is 22.8. The summed E-state index contributed by atoms with van der Waals surface area (Å²) in [5, 5.41) is 5.53. The van der Waals surface area contributed by atoms with Crippen LogP contribution < -0.4 is 10.6 Å². The Balaban J connectivity index is 1.01. The van der Waals surface area contributed by atoms with E-state index in [1.54, 1.807) is 79.7 Å². The van der Waals surface area contributed by atoms with Crippen LogP contribution in [0.5, 0.6) is 0 Å². The van der Waals surface area contributed by atoms with Gasteiger partial charge in [0, 0.05) is 20.1 Å². The summed E-state index contributed by atoms with van der Waals surface area (Å²) in [6.07, 6.45) is -22.6. The second-order valence-electron chi connectivity index (χ2n) is 25.8. The molecule has 0 spiro atoms. The number of alkyl carbamates (subject to hydrolysis) is 2. The van der Waals surface area contributed by atoms with Crippen LogP contribution in [0.2, 0.25) is 0 Å². The fourth-order valence-corrected chi connectivity index (χ4v) is 12.6. The maximum absolute atomic E-state index is 15.2. The van der Waals surface area contributed by atoms with E-state index in [0.29, 0.717) is 25.8 Å². The average Bonchev–Trinajstić information content (AvgIpc) is 0.751. The van der Waals surface area contributed by atoms with Crippen molar-refractivity contribution in [3.63, 3.8) is 0 Å². The Hall–Kier alpha value is -9.10. The van der Waals surface area contributed by atoms with Gasteiger partial charge in [0.05, 0.1) is 55.3 Å². The van der Waals surface area contributed by atoms with Crippen molar-refractivity contribution < 1.29 is 114 Å². The summed E-state index contributed by atoms with van der Waals surface area (Å²) in [7, 11) is 1.11. The van der Waals surface area contributed by atoms with Crippen molar-refractivity contribution >= 4 is 76.8 Å². The molecule has 4 fully saturated rings. The number of carbonyl (C=O) groups is 7. The molecule has 26 nitrogen and oxygen atoms in total. The highest BCUT2D eigenvalue weighted by Gasteiger charge is 2.62. The van der Waals surface area contributed by atoms with E-state index in [1.807, 2.05) is 91.0 Å². The number of rotatable bonds is 31. The molecule has 0 aromatic heterocycles. The van der Waals surface area contributed by atoms with Crippen molar-refractivity contribution in [2.75, 3.05) is 40.1 Å². The number of halogens is 3. The molecule has 578 valence electrons. The number of hydrogen-bond donors (Lipinski definition) is 2. The zero-order valence-corrected chi connectivity index (χ0v) is 61.8. The first-order chi connectivity index (χ1) is 52.8. The number of benzene rings is 7. The molecule has 4 heterocycles. The first kappa shape index (κ1) is 80.9. The lowest BCUT2D eigenvalue weighted by Gasteiger charge is -2.52. The van der Waals surface area contributed by atoms with Gasteiger partial charge >= 0.3 is 42.0 Å². The molecule has 4 aliphatic heterocycles. The van der Waals surface area contributed by atoms with E-state index in [2.05, 4.69) is 10.6 Å². The number of fused-ring (bicyclic) bond motifs is 1. The van der Waals surface area contributed by atoms with Crippen LogP contribution in [0.4, 0.5) is 9.59 Å². The molecule has 2 N–H and O–H groups in total. The number of alkyl halides is 3. The maximum Gasteiger partial charge on any atom is 0.407 e. The van der Waals surface area contributed by atoms with Gasteiger partial charge in [0.1, 0.15) is 68.6 Å². The van der Waals surface area contributed by atoms with Gasteiger partial charge < -0.3 is 91.2 Å². The quantitative estimate of drug-likeness (QED) is 0.0177. The molecule has 0 bridgehead atoms. The number of unbranched alkanes of at least 4 members (excludes halogenated alkanes) is 2. The number of methoxy groups -OCH3 is 1. The Morgan fingerprint density at radius 2 is 0.963 bits per heavy atom. The number of ether oxygens (including phenoxy) is 17. The van der Waals surface area contributed by atoms with E-state index < -0.39 is 163 Å². The lowest BCUT2D eigenvalue weighted by atomic mass is 9.93. The van der Waals surface area contributed by atoms with Crippen LogP contribution in [0.15, 0.2) is 212 Å². The number of amides is 2. The predicted octanol–water partition coefficient (Wildman–Crippen LogP) is 11.5. The van der Waals surface area contributed by atoms with Gasteiger partial charge in [-0.1, -0.05) is 199 Å². The zero-order chi connectivity index (χ0) is 76.7. The molecule has 4 aliphatic rings. The third-order valence-corrected chi connectivity index (χ3v) is 18.3. The average molecular weight is 1560 g/mol. The van der Waals surface area contributed by atoms with Crippen molar-refractivity contribution in [2.24, 2.45) is 0 Å². The van der Waals surface area contributed by atoms with Gasteiger partial charge in [-0.3, -0.25) is 0 Å². The Labute approximate surface area is 644 Å². The second-order valence-corrected chi connectivity index (χ2v) is 28.3. The Morgan fingerprint density at radius 1 is 0.477 bits per heavy atom. The summed E-state index contributed by atoms with van der Waals surface area (Å²) in [5.74, 6) is -7.06. The number of hydrogen-bond acceptors (Lipinski definition) is 24. The van der Waals surface area contributed by atoms with Crippen LogP contribution in [0, 0.1) is 0 Å². The molecule has 0 unspecified atom stereocenters. The summed E-state index contributed by atoms with van der Waals surface area (Å²) >= 11 is 18.7. The van der Waals surface area contributed by atoms with E-state index in [4.69, 9.17) is 115 Å². The summed E-state index contributed by atoms with van der Waals surface area (Å²) < 4.78 is 108. The molecular weight excluding hydrogens is 1480 g/mol. The summed E-state index contributed by atoms with van der Waals surface area (Å²) in [5.41, 5.74) is 2.40. The molecule has 11 rings (SSSR count). The molecule has 16 atom stereocenters. The number of carbonyl (C=O) groups excluding carboxylic acids is 7. The highest BCUT2D eigenvalue weighted by Crippen LogP contribution is 2.41. The molecule has 4 saturated heterocycles. The number of esters is 5. The second kappa shape index (κ2) is 39.5. The zero-order valence-electron chi connectivity index (χ0n) is 59.6. The monoisotopic (exact) mass is 1560 g/mol. The summed E-state index contributed by atoms with van der Waals surface area (Å²) in [6, 6.07) is 57.0.